The number of carbonyl (C=O) groups excluding carboxylic acids is 1. The van der Waals surface area contributed by atoms with E-state index in [1.807, 2.05) is 7.05 Å². The third-order valence-electron chi connectivity index (χ3n) is 3.18. The van der Waals surface area contributed by atoms with E-state index < -0.39 is 0 Å². The highest BCUT2D eigenvalue weighted by molar-refractivity contribution is 5.76. The minimum atomic E-state index is 0.172. The van der Waals surface area contributed by atoms with E-state index in [0.717, 1.165) is 25.9 Å². The van der Waals surface area contributed by atoms with Crippen molar-refractivity contribution >= 4 is 5.91 Å². The fourth-order valence-corrected chi connectivity index (χ4v) is 1.96. The van der Waals surface area contributed by atoms with Gasteiger partial charge in [-0.25, -0.2) is 0 Å². The molecular formula is C11H23N3O. The van der Waals surface area contributed by atoms with Crippen molar-refractivity contribution in [1.82, 2.24) is 15.5 Å². The second-order valence-corrected chi connectivity index (χ2v) is 4.47. The molecule has 88 valence electrons. The number of rotatable bonds is 4. The van der Waals surface area contributed by atoms with Crippen molar-refractivity contribution in [3.05, 3.63) is 0 Å². The minimum absolute atomic E-state index is 0.172. The van der Waals surface area contributed by atoms with Gasteiger partial charge < -0.3 is 15.5 Å². The summed E-state index contributed by atoms with van der Waals surface area (Å²) in [6.45, 7) is 4.05. The third-order valence-corrected chi connectivity index (χ3v) is 3.18. The first-order chi connectivity index (χ1) is 7.13. The molecule has 0 saturated carbocycles. The van der Waals surface area contributed by atoms with Crippen molar-refractivity contribution in [3.8, 4) is 0 Å². The number of nitrogens with zero attached hydrogens (tertiary/aromatic N) is 1. The largest absolute Gasteiger partial charge is 0.353 e. The molecule has 1 aliphatic rings. The highest BCUT2D eigenvalue weighted by Gasteiger charge is 2.23. The summed E-state index contributed by atoms with van der Waals surface area (Å²) in [7, 11) is 4.01. The van der Waals surface area contributed by atoms with Crippen molar-refractivity contribution in [2.75, 3.05) is 27.2 Å². The number of amides is 1. The zero-order valence-corrected chi connectivity index (χ0v) is 10.0. The minimum Gasteiger partial charge on any atom is -0.353 e. The van der Waals surface area contributed by atoms with Crippen molar-refractivity contribution in [1.29, 1.82) is 0 Å². The molecule has 0 aromatic heterocycles. The second kappa shape index (κ2) is 6.08. The number of hydrogen-bond donors (Lipinski definition) is 2. The van der Waals surface area contributed by atoms with Gasteiger partial charge in [0.2, 0.25) is 5.91 Å². The number of hydrogen-bond acceptors (Lipinski definition) is 3. The van der Waals surface area contributed by atoms with Gasteiger partial charge in [0.25, 0.3) is 0 Å². The van der Waals surface area contributed by atoms with E-state index in [9.17, 15) is 4.79 Å². The summed E-state index contributed by atoms with van der Waals surface area (Å²) < 4.78 is 0. The van der Waals surface area contributed by atoms with Crippen LogP contribution in [0.1, 0.15) is 26.2 Å². The van der Waals surface area contributed by atoms with Crippen molar-refractivity contribution in [3.63, 3.8) is 0 Å². The molecule has 1 amide bonds. The van der Waals surface area contributed by atoms with Crippen LogP contribution in [0.3, 0.4) is 0 Å². The summed E-state index contributed by atoms with van der Waals surface area (Å²) in [5.41, 5.74) is 0. The molecule has 0 aromatic rings. The Labute approximate surface area is 92.4 Å². The zero-order chi connectivity index (χ0) is 11.3. The van der Waals surface area contributed by atoms with E-state index in [2.05, 4.69) is 29.5 Å². The molecule has 1 fully saturated rings. The van der Waals surface area contributed by atoms with Gasteiger partial charge in [-0.05, 0) is 33.9 Å². The van der Waals surface area contributed by atoms with Crippen LogP contribution in [0.15, 0.2) is 0 Å². The lowest BCUT2D eigenvalue weighted by Crippen LogP contribution is -2.47. The Morgan fingerprint density at radius 2 is 2.27 bits per heavy atom. The smallest absolute Gasteiger partial charge is 0.221 e. The Morgan fingerprint density at radius 1 is 1.53 bits per heavy atom. The number of piperidine rings is 1. The number of nitrogens with one attached hydrogen (secondary N) is 2. The Morgan fingerprint density at radius 3 is 2.87 bits per heavy atom. The van der Waals surface area contributed by atoms with Crippen molar-refractivity contribution in [2.45, 2.75) is 38.3 Å². The standard InChI is InChI=1S/C11H23N3O/c1-9-8-10(5-7-14(9)3)13-11(15)4-6-12-2/h9-10,12H,4-8H2,1-3H3,(H,13,15). The summed E-state index contributed by atoms with van der Waals surface area (Å²) in [4.78, 5) is 13.8. The Bertz CT molecular complexity index is 208. The van der Waals surface area contributed by atoms with Crippen molar-refractivity contribution in [2.24, 2.45) is 0 Å². The predicted octanol–water partition coefficient (Wildman–Crippen LogP) is 0.195. The summed E-state index contributed by atoms with van der Waals surface area (Å²) in [6.07, 6.45) is 2.73. The summed E-state index contributed by atoms with van der Waals surface area (Å²) in [6, 6.07) is 0.953. The van der Waals surface area contributed by atoms with E-state index in [0.29, 0.717) is 18.5 Å². The van der Waals surface area contributed by atoms with Crippen molar-refractivity contribution < 1.29 is 4.79 Å². The second-order valence-electron chi connectivity index (χ2n) is 4.47. The van der Waals surface area contributed by atoms with Crippen LogP contribution in [0.4, 0.5) is 0 Å². The van der Waals surface area contributed by atoms with E-state index in [4.69, 9.17) is 0 Å². The Balaban J connectivity index is 2.24. The molecule has 2 N–H and O–H groups in total. The van der Waals surface area contributed by atoms with Gasteiger partial charge >= 0.3 is 0 Å². The fourth-order valence-electron chi connectivity index (χ4n) is 1.96. The van der Waals surface area contributed by atoms with Gasteiger partial charge in [0, 0.05) is 31.6 Å². The van der Waals surface area contributed by atoms with Gasteiger partial charge in [-0.3, -0.25) is 4.79 Å². The first-order valence-electron chi connectivity index (χ1n) is 5.77. The van der Waals surface area contributed by atoms with Gasteiger partial charge in [0.05, 0.1) is 0 Å². The highest BCUT2D eigenvalue weighted by Crippen LogP contribution is 2.15. The van der Waals surface area contributed by atoms with Crippen LogP contribution < -0.4 is 10.6 Å². The van der Waals surface area contributed by atoms with Crippen LogP contribution in [0.25, 0.3) is 0 Å². The highest BCUT2D eigenvalue weighted by atomic mass is 16.1. The molecule has 1 saturated heterocycles. The molecule has 0 radical (unpaired) electrons. The normalized spacial score (nSPS) is 27.7. The summed E-state index contributed by atoms with van der Waals surface area (Å²) in [5.74, 6) is 0.172. The van der Waals surface area contributed by atoms with Gasteiger partial charge in [-0.2, -0.15) is 0 Å². The van der Waals surface area contributed by atoms with Crippen LogP contribution in [0, 0.1) is 0 Å². The zero-order valence-electron chi connectivity index (χ0n) is 10.0. The van der Waals surface area contributed by atoms with E-state index in [1.165, 1.54) is 0 Å². The molecule has 0 bridgehead atoms. The molecular weight excluding hydrogens is 190 g/mol. The molecule has 0 aromatic carbocycles. The average molecular weight is 213 g/mol. The van der Waals surface area contributed by atoms with Gasteiger partial charge in [0.1, 0.15) is 0 Å². The van der Waals surface area contributed by atoms with Crippen LogP contribution in [0.5, 0.6) is 0 Å². The van der Waals surface area contributed by atoms with E-state index in [1.54, 1.807) is 0 Å². The van der Waals surface area contributed by atoms with Gasteiger partial charge in [-0.1, -0.05) is 0 Å². The lowest BCUT2D eigenvalue weighted by molar-refractivity contribution is -0.122. The van der Waals surface area contributed by atoms with Crippen LogP contribution in [-0.4, -0.2) is 50.1 Å². The molecule has 1 heterocycles. The molecule has 1 aliphatic heterocycles. The molecule has 4 heteroatoms. The van der Waals surface area contributed by atoms with Gasteiger partial charge in [-0.15, -0.1) is 0 Å². The number of likely N-dealkylation sites (tertiary alicyclic amines) is 1. The predicted molar refractivity (Wildman–Crippen MR) is 61.8 cm³/mol. The maximum absolute atomic E-state index is 11.5. The van der Waals surface area contributed by atoms with Crippen LogP contribution >= 0.6 is 0 Å². The van der Waals surface area contributed by atoms with Crippen LogP contribution in [0.2, 0.25) is 0 Å². The quantitative estimate of drug-likeness (QED) is 0.701. The molecule has 15 heavy (non-hydrogen) atoms. The van der Waals surface area contributed by atoms with E-state index in [-0.39, 0.29) is 5.91 Å². The maximum atomic E-state index is 11.5. The van der Waals surface area contributed by atoms with E-state index >= 15 is 0 Å². The third kappa shape index (κ3) is 4.18. The molecule has 0 spiro atoms. The lowest BCUT2D eigenvalue weighted by Gasteiger charge is -2.35. The Kier molecular flexibility index (Phi) is 5.05. The molecule has 2 atom stereocenters. The SMILES string of the molecule is CNCCC(=O)NC1CCN(C)C(C)C1. The Hall–Kier alpha value is -0.610. The fraction of sp³-hybridized carbons (Fsp3) is 0.909. The maximum Gasteiger partial charge on any atom is 0.221 e. The van der Waals surface area contributed by atoms with Gasteiger partial charge in [0.15, 0.2) is 0 Å². The monoisotopic (exact) mass is 213 g/mol. The summed E-state index contributed by atoms with van der Waals surface area (Å²) in [5, 5.41) is 6.08. The molecule has 0 aliphatic carbocycles. The molecule has 2 unspecified atom stereocenters. The average Bonchev–Trinajstić information content (AvgIpc) is 2.20. The molecule has 1 rings (SSSR count). The first kappa shape index (κ1) is 12.5. The van der Waals surface area contributed by atoms with Crippen LogP contribution in [-0.2, 0) is 4.79 Å². The summed E-state index contributed by atoms with van der Waals surface area (Å²) >= 11 is 0. The number of carbonyl (C=O) groups is 1. The topological polar surface area (TPSA) is 44.4 Å². The molecule has 4 nitrogen and oxygen atoms in total. The first-order valence-corrected chi connectivity index (χ1v) is 5.77. The lowest BCUT2D eigenvalue weighted by atomic mass is 9.99.